The summed E-state index contributed by atoms with van der Waals surface area (Å²) in [6.45, 7) is 3.78. The lowest BCUT2D eigenvalue weighted by molar-refractivity contribution is -0.119. The summed E-state index contributed by atoms with van der Waals surface area (Å²) < 4.78 is 0. The third kappa shape index (κ3) is 16.5. The highest BCUT2D eigenvalue weighted by Crippen LogP contribution is 2.05. The Labute approximate surface area is 109 Å². The van der Waals surface area contributed by atoms with E-state index in [9.17, 15) is 9.59 Å². The first-order valence-electron chi connectivity index (χ1n) is 6.18. The molecular weight excluding hydrogens is 230 g/mol. The quantitative estimate of drug-likeness (QED) is 0.406. The molecular formula is C13H21N3O2. The van der Waals surface area contributed by atoms with E-state index in [1.807, 2.05) is 13.8 Å². The van der Waals surface area contributed by atoms with Crippen LogP contribution in [-0.2, 0) is 9.59 Å². The minimum Gasteiger partial charge on any atom is -0.300 e. The van der Waals surface area contributed by atoms with Gasteiger partial charge in [-0.05, 0) is 12.8 Å². The third-order valence-corrected chi connectivity index (χ3v) is 2.31. The lowest BCUT2D eigenvalue weighted by atomic mass is 10.1. The number of nitrogens with zero attached hydrogens (tertiary/aromatic N) is 2. The average Bonchev–Trinajstić information content (AvgIpc) is 2.39. The molecule has 0 spiro atoms. The summed E-state index contributed by atoms with van der Waals surface area (Å²) in [4.78, 5) is 21.8. The van der Waals surface area contributed by atoms with Gasteiger partial charge in [0.05, 0.1) is 0 Å². The van der Waals surface area contributed by atoms with Crippen LogP contribution in [0.25, 0.3) is 0 Å². The van der Waals surface area contributed by atoms with Gasteiger partial charge in [0.25, 0.3) is 0 Å². The molecule has 0 radical (unpaired) electrons. The lowest BCUT2D eigenvalue weighted by Crippen LogP contribution is -1.96. The maximum atomic E-state index is 10.9. The molecule has 0 saturated carbocycles. The molecule has 100 valence electrons. The number of nitrogens with one attached hydrogen (secondary N) is 1. The van der Waals surface area contributed by atoms with E-state index >= 15 is 0 Å². The summed E-state index contributed by atoms with van der Waals surface area (Å²) in [7, 11) is 0. The van der Waals surface area contributed by atoms with E-state index in [2.05, 4.69) is 0 Å². The first-order valence-corrected chi connectivity index (χ1v) is 6.18. The molecule has 0 aliphatic rings. The molecule has 0 aromatic rings. The Morgan fingerprint density at radius 1 is 0.889 bits per heavy atom. The van der Waals surface area contributed by atoms with Crippen molar-refractivity contribution in [3.05, 3.63) is 0 Å². The summed E-state index contributed by atoms with van der Waals surface area (Å²) in [6.07, 6.45) is 8.40. The minimum atomic E-state index is 0.335. The number of nitriles is 2. The van der Waals surface area contributed by atoms with E-state index in [4.69, 9.17) is 10.5 Å². The smallest absolute Gasteiger partial charge is 0.190 e. The Morgan fingerprint density at radius 2 is 1.28 bits per heavy atom. The molecule has 0 aliphatic heterocycles. The SMILES string of the molecule is CCC(=O)CCCCCC(=O)CC.N#CNC#N. The van der Waals surface area contributed by atoms with Crippen molar-refractivity contribution in [1.82, 2.24) is 5.32 Å². The molecule has 0 unspecified atom stereocenters. The molecule has 0 aliphatic carbocycles. The van der Waals surface area contributed by atoms with Crippen LogP contribution in [0.15, 0.2) is 0 Å². The van der Waals surface area contributed by atoms with Crippen molar-refractivity contribution in [3.8, 4) is 12.4 Å². The van der Waals surface area contributed by atoms with Gasteiger partial charge in [0.2, 0.25) is 0 Å². The fourth-order valence-corrected chi connectivity index (χ4v) is 1.20. The molecule has 0 fully saturated rings. The van der Waals surface area contributed by atoms with E-state index in [0.717, 1.165) is 19.3 Å². The second-order valence-corrected chi connectivity index (χ2v) is 3.69. The summed E-state index contributed by atoms with van der Waals surface area (Å²) in [5, 5.41) is 16.7. The average molecular weight is 251 g/mol. The monoisotopic (exact) mass is 251 g/mol. The van der Waals surface area contributed by atoms with Crippen molar-refractivity contribution in [1.29, 1.82) is 10.5 Å². The summed E-state index contributed by atoms with van der Waals surface area (Å²) in [5.74, 6) is 0.670. The van der Waals surface area contributed by atoms with Gasteiger partial charge in [-0.25, -0.2) is 5.32 Å². The molecule has 0 rings (SSSR count). The Balaban J connectivity index is 0. The molecule has 18 heavy (non-hydrogen) atoms. The zero-order valence-electron chi connectivity index (χ0n) is 11.2. The van der Waals surface area contributed by atoms with Gasteiger partial charge in [0.1, 0.15) is 11.6 Å². The van der Waals surface area contributed by atoms with Crippen LogP contribution >= 0.6 is 0 Å². The van der Waals surface area contributed by atoms with Crippen molar-refractivity contribution in [2.75, 3.05) is 0 Å². The van der Waals surface area contributed by atoms with Gasteiger partial charge in [0, 0.05) is 25.7 Å². The standard InChI is InChI=1S/C11H20O2.C2HN3/c1-3-10(12)8-6-5-7-9-11(13)4-2;3-1-5-2-4/h3-9H2,1-2H3;5H. The number of carbonyl (C=O) groups excluding carboxylic acids is 2. The van der Waals surface area contributed by atoms with Crippen LogP contribution in [0.4, 0.5) is 0 Å². The van der Waals surface area contributed by atoms with Crippen LogP contribution in [0.5, 0.6) is 0 Å². The predicted octanol–water partition coefficient (Wildman–Crippen LogP) is 2.43. The molecule has 0 aromatic carbocycles. The van der Waals surface area contributed by atoms with Gasteiger partial charge in [-0.2, -0.15) is 10.5 Å². The van der Waals surface area contributed by atoms with Crippen LogP contribution in [0.1, 0.15) is 58.8 Å². The maximum Gasteiger partial charge on any atom is 0.190 e. The molecule has 5 heteroatoms. The van der Waals surface area contributed by atoms with Crippen molar-refractivity contribution in [2.24, 2.45) is 0 Å². The number of hydrogen-bond donors (Lipinski definition) is 1. The number of hydrogen-bond acceptors (Lipinski definition) is 5. The molecule has 1 N–H and O–H groups in total. The Morgan fingerprint density at radius 3 is 1.50 bits per heavy atom. The van der Waals surface area contributed by atoms with Crippen molar-refractivity contribution in [2.45, 2.75) is 58.8 Å². The Bertz CT molecular complexity index is 283. The second kappa shape index (κ2) is 15.1. The van der Waals surface area contributed by atoms with Crippen LogP contribution in [0.3, 0.4) is 0 Å². The number of rotatable bonds is 8. The van der Waals surface area contributed by atoms with Gasteiger partial charge in [0.15, 0.2) is 12.4 Å². The molecule has 0 atom stereocenters. The van der Waals surface area contributed by atoms with Crippen LogP contribution < -0.4 is 5.32 Å². The van der Waals surface area contributed by atoms with E-state index < -0.39 is 0 Å². The lowest BCUT2D eigenvalue weighted by Gasteiger charge is -1.98. The van der Waals surface area contributed by atoms with Gasteiger partial charge in [-0.15, -0.1) is 0 Å². The van der Waals surface area contributed by atoms with Gasteiger partial charge in [-0.3, -0.25) is 9.59 Å². The predicted molar refractivity (Wildman–Crippen MR) is 68.0 cm³/mol. The van der Waals surface area contributed by atoms with Crippen LogP contribution in [0.2, 0.25) is 0 Å². The largest absolute Gasteiger partial charge is 0.300 e. The van der Waals surface area contributed by atoms with E-state index in [-0.39, 0.29) is 0 Å². The van der Waals surface area contributed by atoms with Gasteiger partial charge >= 0.3 is 0 Å². The molecule has 0 amide bonds. The number of unbranched alkanes of at least 4 members (excludes halogenated alkanes) is 2. The summed E-state index contributed by atoms with van der Waals surface area (Å²) >= 11 is 0. The Hall–Kier alpha value is -1.88. The van der Waals surface area contributed by atoms with Gasteiger partial charge < -0.3 is 0 Å². The highest BCUT2D eigenvalue weighted by molar-refractivity contribution is 5.78. The molecule has 5 nitrogen and oxygen atoms in total. The highest BCUT2D eigenvalue weighted by atomic mass is 16.1. The van der Waals surface area contributed by atoms with Crippen molar-refractivity contribution in [3.63, 3.8) is 0 Å². The van der Waals surface area contributed by atoms with E-state index in [1.54, 1.807) is 5.32 Å². The highest BCUT2D eigenvalue weighted by Gasteiger charge is 2.00. The first kappa shape index (κ1) is 18.5. The van der Waals surface area contributed by atoms with E-state index in [0.29, 0.717) is 37.2 Å². The topological polar surface area (TPSA) is 93.8 Å². The third-order valence-electron chi connectivity index (χ3n) is 2.31. The maximum absolute atomic E-state index is 10.9. The van der Waals surface area contributed by atoms with Crippen molar-refractivity contribution < 1.29 is 9.59 Å². The Kier molecular flexibility index (Phi) is 15.5. The van der Waals surface area contributed by atoms with Crippen LogP contribution in [-0.4, -0.2) is 11.6 Å². The zero-order valence-corrected chi connectivity index (χ0v) is 11.2. The summed E-state index contributed by atoms with van der Waals surface area (Å²) in [6, 6.07) is 0. The second-order valence-electron chi connectivity index (χ2n) is 3.69. The normalized spacial score (nSPS) is 8.22. The molecule has 0 heterocycles. The fraction of sp³-hybridized carbons (Fsp3) is 0.692. The van der Waals surface area contributed by atoms with Gasteiger partial charge in [-0.1, -0.05) is 20.3 Å². The zero-order chi connectivity index (χ0) is 14.2. The summed E-state index contributed by atoms with van der Waals surface area (Å²) in [5.41, 5.74) is 0. The minimum absolute atomic E-state index is 0.335. The van der Waals surface area contributed by atoms with E-state index in [1.165, 1.54) is 12.4 Å². The number of Topliss-reactive ketones (excluding diaryl/α,β-unsaturated/α-hetero) is 2. The van der Waals surface area contributed by atoms with Crippen molar-refractivity contribution >= 4 is 11.6 Å². The molecule has 0 bridgehead atoms. The molecule has 0 aromatic heterocycles. The van der Waals surface area contributed by atoms with Crippen LogP contribution in [0, 0.1) is 22.9 Å². The number of carbonyl (C=O) groups is 2. The molecule has 0 saturated heterocycles. The first-order chi connectivity index (χ1) is 8.62. The fourth-order valence-electron chi connectivity index (χ4n) is 1.20. The number of ketones is 2.